The number of amides is 2. The van der Waals surface area contributed by atoms with E-state index in [-0.39, 0.29) is 17.7 Å². The average Bonchev–Trinajstić information content (AvgIpc) is 3.09. The summed E-state index contributed by atoms with van der Waals surface area (Å²) in [6.07, 6.45) is 3.04. The van der Waals surface area contributed by atoms with Crippen molar-refractivity contribution in [2.24, 2.45) is 0 Å². The summed E-state index contributed by atoms with van der Waals surface area (Å²) in [7, 11) is 0. The van der Waals surface area contributed by atoms with Crippen LogP contribution in [0.15, 0.2) is 28.9 Å². The Labute approximate surface area is 148 Å². The predicted octanol–water partition coefficient (Wildman–Crippen LogP) is 2.98. The molecule has 1 fully saturated rings. The van der Waals surface area contributed by atoms with Crippen molar-refractivity contribution in [1.82, 2.24) is 4.90 Å². The van der Waals surface area contributed by atoms with E-state index in [1.165, 1.54) is 18.1 Å². The second-order valence-corrected chi connectivity index (χ2v) is 7.06. The number of nitrogens with zero attached hydrogens (tertiary/aromatic N) is 1. The predicted molar refractivity (Wildman–Crippen MR) is 92.0 cm³/mol. The van der Waals surface area contributed by atoms with Gasteiger partial charge in [0.15, 0.2) is 5.76 Å². The molecule has 132 valence electrons. The minimum absolute atomic E-state index is 0.0266. The first-order valence-corrected chi connectivity index (χ1v) is 8.71. The lowest BCUT2D eigenvalue weighted by Gasteiger charge is -2.26. The van der Waals surface area contributed by atoms with Gasteiger partial charge in [0.05, 0.1) is 16.1 Å². The van der Waals surface area contributed by atoms with Gasteiger partial charge in [0.2, 0.25) is 0 Å². The minimum atomic E-state index is -1.03. The Kier molecular flexibility index (Phi) is 4.63. The topological polar surface area (TPSA) is 99.9 Å². The molecule has 0 radical (unpaired) electrons. The molecule has 25 heavy (non-hydrogen) atoms. The monoisotopic (exact) mass is 362 g/mol. The largest absolute Gasteiger partial charge is 0.480 e. The molecule has 0 aliphatic heterocycles. The summed E-state index contributed by atoms with van der Waals surface area (Å²) in [5.41, 5.74) is 0.702. The normalized spacial score (nSPS) is 14.8. The van der Waals surface area contributed by atoms with Crippen LogP contribution in [-0.4, -0.2) is 39.9 Å². The number of thiophene rings is 1. The standard InChI is InChI=1S/C17H18N2O5S/c1-9-8-13(18-15(20)12-4-3-7-24-12)25-14(9)16(21)19(11-5-6-11)10(2)17(22)23/h3-4,7-8,10-11H,5-6H2,1-2H3,(H,18,20)(H,22,23). The van der Waals surface area contributed by atoms with E-state index in [4.69, 9.17) is 4.42 Å². The average molecular weight is 362 g/mol. The maximum absolute atomic E-state index is 12.9. The van der Waals surface area contributed by atoms with Crippen LogP contribution < -0.4 is 5.32 Å². The van der Waals surface area contributed by atoms with Gasteiger partial charge < -0.3 is 19.7 Å². The molecule has 2 N–H and O–H groups in total. The number of anilines is 1. The lowest BCUT2D eigenvalue weighted by Crippen LogP contribution is -2.44. The van der Waals surface area contributed by atoms with Crippen LogP contribution in [0.5, 0.6) is 0 Å². The molecular formula is C17H18N2O5S. The van der Waals surface area contributed by atoms with Crippen LogP contribution >= 0.6 is 11.3 Å². The Morgan fingerprint density at radius 1 is 1.40 bits per heavy atom. The smallest absolute Gasteiger partial charge is 0.326 e. The Hall–Kier alpha value is -2.61. The SMILES string of the molecule is Cc1cc(NC(=O)c2ccco2)sc1C(=O)N(C1CC1)C(C)C(=O)O. The summed E-state index contributed by atoms with van der Waals surface area (Å²) < 4.78 is 5.04. The van der Waals surface area contributed by atoms with Crippen LogP contribution in [0.3, 0.4) is 0 Å². The van der Waals surface area contributed by atoms with Crippen molar-refractivity contribution >= 4 is 34.1 Å². The van der Waals surface area contributed by atoms with E-state index in [9.17, 15) is 19.5 Å². The van der Waals surface area contributed by atoms with E-state index in [2.05, 4.69) is 5.32 Å². The van der Waals surface area contributed by atoms with Gasteiger partial charge in [-0.1, -0.05) is 0 Å². The maximum Gasteiger partial charge on any atom is 0.326 e. The zero-order valence-electron chi connectivity index (χ0n) is 13.8. The third-order valence-corrected chi connectivity index (χ3v) is 5.18. The maximum atomic E-state index is 12.9. The molecule has 8 heteroatoms. The number of furan rings is 1. The summed E-state index contributed by atoms with van der Waals surface area (Å²) >= 11 is 1.14. The fraction of sp³-hybridized carbons (Fsp3) is 0.353. The summed E-state index contributed by atoms with van der Waals surface area (Å²) in [5.74, 6) is -1.56. The third kappa shape index (κ3) is 3.58. The van der Waals surface area contributed by atoms with E-state index >= 15 is 0 Å². The molecule has 1 atom stereocenters. The molecule has 3 rings (SSSR count). The molecular weight excluding hydrogens is 344 g/mol. The summed E-state index contributed by atoms with van der Waals surface area (Å²) in [6, 6.07) is 3.95. The van der Waals surface area contributed by atoms with Crippen molar-refractivity contribution in [3.63, 3.8) is 0 Å². The van der Waals surface area contributed by atoms with Crippen LogP contribution in [0.25, 0.3) is 0 Å². The first-order valence-electron chi connectivity index (χ1n) is 7.89. The minimum Gasteiger partial charge on any atom is -0.480 e. The molecule has 0 saturated heterocycles. The Balaban J connectivity index is 1.80. The third-order valence-electron chi connectivity index (χ3n) is 4.04. The highest BCUT2D eigenvalue weighted by molar-refractivity contribution is 7.18. The lowest BCUT2D eigenvalue weighted by atomic mass is 10.2. The zero-order valence-corrected chi connectivity index (χ0v) is 14.6. The van der Waals surface area contributed by atoms with Gasteiger partial charge in [0, 0.05) is 6.04 Å². The number of carboxylic acids is 1. The fourth-order valence-electron chi connectivity index (χ4n) is 2.58. The van der Waals surface area contributed by atoms with E-state index in [0.717, 1.165) is 24.2 Å². The van der Waals surface area contributed by atoms with Crippen molar-refractivity contribution in [2.45, 2.75) is 38.8 Å². The van der Waals surface area contributed by atoms with Gasteiger partial charge in [0.25, 0.3) is 11.8 Å². The van der Waals surface area contributed by atoms with Crippen LogP contribution in [0.2, 0.25) is 0 Å². The molecule has 1 aliphatic rings. The fourth-order valence-corrected chi connectivity index (χ4v) is 3.60. The molecule has 7 nitrogen and oxygen atoms in total. The molecule has 1 unspecified atom stereocenters. The van der Waals surface area contributed by atoms with Crippen molar-refractivity contribution in [2.75, 3.05) is 5.32 Å². The van der Waals surface area contributed by atoms with Crippen molar-refractivity contribution in [3.05, 3.63) is 40.7 Å². The van der Waals surface area contributed by atoms with Crippen molar-refractivity contribution in [1.29, 1.82) is 0 Å². The van der Waals surface area contributed by atoms with Gasteiger partial charge in [0.1, 0.15) is 6.04 Å². The van der Waals surface area contributed by atoms with Crippen LogP contribution in [0.1, 0.15) is 45.6 Å². The summed E-state index contributed by atoms with van der Waals surface area (Å²) in [6.45, 7) is 3.28. The number of carboxylic acid groups (broad SMARTS) is 1. The molecule has 2 heterocycles. The molecule has 0 aromatic carbocycles. The lowest BCUT2D eigenvalue weighted by molar-refractivity contribution is -0.141. The molecule has 1 saturated carbocycles. The number of aliphatic carboxylic acids is 1. The number of rotatable bonds is 6. The van der Waals surface area contributed by atoms with Gasteiger partial charge >= 0.3 is 5.97 Å². The first kappa shape index (κ1) is 17.2. The Morgan fingerprint density at radius 3 is 2.68 bits per heavy atom. The molecule has 2 amide bonds. The van der Waals surface area contributed by atoms with Gasteiger partial charge in [-0.15, -0.1) is 11.3 Å². The van der Waals surface area contributed by atoms with Crippen LogP contribution in [0.4, 0.5) is 5.00 Å². The highest BCUT2D eigenvalue weighted by atomic mass is 32.1. The Bertz CT molecular complexity index is 807. The number of carbonyl (C=O) groups is 3. The van der Waals surface area contributed by atoms with Gasteiger partial charge in [-0.2, -0.15) is 0 Å². The van der Waals surface area contributed by atoms with E-state index in [0.29, 0.717) is 15.4 Å². The van der Waals surface area contributed by atoms with Gasteiger partial charge in [-0.3, -0.25) is 9.59 Å². The number of carbonyl (C=O) groups excluding carboxylic acids is 2. The van der Waals surface area contributed by atoms with Gasteiger partial charge in [-0.05, 0) is 50.5 Å². The molecule has 0 bridgehead atoms. The van der Waals surface area contributed by atoms with E-state index in [1.54, 1.807) is 25.1 Å². The highest BCUT2D eigenvalue weighted by Crippen LogP contribution is 2.34. The number of hydrogen-bond donors (Lipinski definition) is 2. The summed E-state index contributed by atoms with van der Waals surface area (Å²) in [5, 5.41) is 12.5. The highest BCUT2D eigenvalue weighted by Gasteiger charge is 2.39. The number of nitrogens with one attached hydrogen (secondary N) is 1. The molecule has 2 aromatic rings. The van der Waals surface area contributed by atoms with Crippen molar-refractivity contribution < 1.29 is 23.9 Å². The molecule has 2 aromatic heterocycles. The van der Waals surface area contributed by atoms with Gasteiger partial charge in [-0.25, -0.2) is 4.79 Å². The summed E-state index contributed by atoms with van der Waals surface area (Å²) in [4.78, 5) is 38.1. The number of aryl methyl sites for hydroxylation is 1. The first-order chi connectivity index (χ1) is 11.9. The van der Waals surface area contributed by atoms with Crippen LogP contribution in [-0.2, 0) is 4.79 Å². The van der Waals surface area contributed by atoms with E-state index < -0.39 is 17.9 Å². The molecule has 1 aliphatic carbocycles. The zero-order chi connectivity index (χ0) is 18.1. The van der Waals surface area contributed by atoms with Crippen LogP contribution in [0, 0.1) is 6.92 Å². The number of hydrogen-bond acceptors (Lipinski definition) is 5. The van der Waals surface area contributed by atoms with Crippen molar-refractivity contribution in [3.8, 4) is 0 Å². The Morgan fingerprint density at radius 2 is 2.12 bits per heavy atom. The second kappa shape index (κ2) is 6.72. The van der Waals surface area contributed by atoms with E-state index in [1.807, 2.05) is 0 Å². The quantitative estimate of drug-likeness (QED) is 0.823. The second-order valence-electron chi connectivity index (χ2n) is 6.01. The molecule has 0 spiro atoms.